The predicted molar refractivity (Wildman–Crippen MR) is 64.6 cm³/mol. The second-order valence-corrected chi connectivity index (χ2v) is 4.47. The molecule has 0 aromatic carbocycles. The first-order valence-corrected chi connectivity index (χ1v) is 6.68. The highest BCUT2D eigenvalue weighted by molar-refractivity contribution is 9.09. The molecule has 0 rings (SSSR count). The Morgan fingerprint density at radius 2 is 1.69 bits per heavy atom. The van der Waals surface area contributed by atoms with Crippen LogP contribution in [0, 0.1) is 5.92 Å². The molecule has 0 saturated carbocycles. The monoisotopic (exact) mass is 249 g/mol. The molecule has 0 amide bonds. The van der Waals surface area contributed by atoms with E-state index in [9.17, 15) is 0 Å². The number of hydrogen-bond donors (Lipinski definition) is 0. The molecular weight excluding hydrogens is 226 g/mol. The molecule has 0 N–H and O–H groups in total. The van der Waals surface area contributed by atoms with Crippen molar-refractivity contribution >= 4 is 15.9 Å². The maximum absolute atomic E-state index is 3.51. The van der Waals surface area contributed by atoms with Gasteiger partial charge in [0.2, 0.25) is 0 Å². The van der Waals surface area contributed by atoms with Crippen molar-refractivity contribution in [2.75, 3.05) is 25.0 Å². The maximum atomic E-state index is 3.51. The minimum atomic E-state index is 0.894. The molecule has 0 unspecified atom stereocenters. The van der Waals surface area contributed by atoms with Gasteiger partial charge in [-0.05, 0) is 18.9 Å². The van der Waals surface area contributed by atoms with Crippen molar-refractivity contribution in [3.8, 4) is 0 Å². The van der Waals surface area contributed by atoms with Gasteiger partial charge in [0.25, 0.3) is 0 Å². The molecule has 0 heterocycles. The summed E-state index contributed by atoms with van der Waals surface area (Å²) in [4.78, 5) is 2.58. The van der Waals surface area contributed by atoms with Gasteiger partial charge in [-0.1, -0.05) is 49.5 Å². The predicted octanol–water partition coefficient (Wildman–Crippen LogP) is 3.53. The summed E-state index contributed by atoms with van der Waals surface area (Å²) in [5, 5.41) is 1.10. The molecule has 1 nitrogen and oxygen atoms in total. The third-order valence-corrected chi connectivity index (χ3v) is 2.97. The van der Waals surface area contributed by atoms with Crippen LogP contribution in [-0.2, 0) is 0 Å². The molecule has 0 aromatic rings. The highest BCUT2D eigenvalue weighted by atomic mass is 79.9. The molecule has 0 aliphatic heterocycles. The molecule has 80 valence electrons. The van der Waals surface area contributed by atoms with E-state index in [0.717, 1.165) is 11.2 Å². The first-order chi connectivity index (χ1) is 6.28. The van der Waals surface area contributed by atoms with Gasteiger partial charge in [0.15, 0.2) is 0 Å². The van der Waals surface area contributed by atoms with Gasteiger partial charge in [-0.15, -0.1) is 0 Å². The lowest BCUT2D eigenvalue weighted by molar-refractivity contribution is 0.236. The fourth-order valence-electron chi connectivity index (χ4n) is 1.64. The van der Waals surface area contributed by atoms with Gasteiger partial charge in [0.1, 0.15) is 0 Å². The van der Waals surface area contributed by atoms with Crippen LogP contribution in [0.1, 0.15) is 40.0 Å². The lowest BCUT2D eigenvalue weighted by Crippen LogP contribution is -2.31. The Morgan fingerprint density at radius 1 is 1.08 bits per heavy atom. The molecule has 0 saturated heterocycles. The van der Waals surface area contributed by atoms with Crippen LogP contribution < -0.4 is 0 Å². The van der Waals surface area contributed by atoms with Crippen LogP contribution in [0.2, 0.25) is 0 Å². The van der Waals surface area contributed by atoms with E-state index in [1.54, 1.807) is 0 Å². The van der Waals surface area contributed by atoms with Crippen molar-refractivity contribution < 1.29 is 0 Å². The van der Waals surface area contributed by atoms with Crippen LogP contribution in [-0.4, -0.2) is 29.9 Å². The highest BCUT2D eigenvalue weighted by Crippen LogP contribution is 2.10. The number of nitrogens with zero attached hydrogens (tertiary/aromatic N) is 1. The summed E-state index contributed by atoms with van der Waals surface area (Å²) in [6, 6.07) is 0. The van der Waals surface area contributed by atoms with E-state index in [4.69, 9.17) is 0 Å². The van der Waals surface area contributed by atoms with Crippen molar-refractivity contribution in [3.05, 3.63) is 0 Å². The zero-order valence-electron chi connectivity index (χ0n) is 9.35. The topological polar surface area (TPSA) is 3.24 Å². The van der Waals surface area contributed by atoms with Crippen LogP contribution in [0.3, 0.4) is 0 Å². The third kappa shape index (κ3) is 6.50. The van der Waals surface area contributed by atoms with Crippen LogP contribution in [0.4, 0.5) is 0 Å². The maximum Gasteiger partial charge on any atom is 0.0159 e. The number of hydrogen-bond acceptors (Lipinski definition) is 1. The molecule has 0 spiro atoms. The smallest absolute Gasteiger partial charge is 0.0159 e. The van der Waals surface area contributed by atoms with Crippen molar-refractivity contribution in [2.45, 2.75) is 40.0 Å². The van der Waals surface area contributed by atoms with Gasteiger partial charge in [0.05, 0.1) is 0 Å². The molecule has 0 radical (unpaired) electrons. The van der Waals surface area contributed by atoms with E-state index < -0.39 is 0 Å². The standard InChI is InChI=1S/C11H24BrN/c1-4-8-13(9-7-12)10-11(5-2)6-3/h11H,4-10H2,1-3H3. The van der Waals surface area contributed by atoms with Gasteiger partial charge in [0, 0.05) is 18.4 Å². The van der Waals surface area contributed by atoms with E-state index in [0.29, 0.717) is 0 Å². The summed E-state index contributed by atoms with van der Waals surface area (Å²) >= 11 is 3.51. The van der Waals surface area contributed by atoms with Crippen molar-refractivity contribution in [2.24, 2.45) is 5.92 Å². The lowest BCUT2D eigenvalue weighted by Gasteiger charge is -2.25. The fourth-order valence-corrected chi connectivity index (χ4v) is 2.14. The molecule has 0 aliphatic carbocycles. The third-order valence-electron chi connectivity index (χ3n) is 2.61. The minimum absolute atomic E-state index is 0.894. The number of halogens is 1. The minimum Gasteiger partial charge on any atom is -0.302 e. The number of alkyl halides is 1. The summed E-state index contributed by atoms with van der Waals surface area (Å²) in [5.74, 6) is 0.894. The van der Waals surface area contributed by atoms with Crippen LogP contribution in [0.5, 0.6) is 0 Å². The average Bonchev–Trinajstić information content (AvgIpc) is 2.14. The summed E-state index contributed by atoms with van der Waals surface area (Å²) < 4.78 is 0. The normalized spacial score (nSPS) is 11.5. The van der Waals surface area contributed by atoms with Crippen LogP contribution in [0.15, 0.2) is 0 Å². The van der Waals surface area contributed by atoms with Gasteiger partial charge in [-0.2, -0.15) is 0 Å². The molecular formula is C11H24BrN. The lowest BCUT2D eigenvalue weighted by atomic mass is 10.0. The highest BCUT2D eigenvalue weighted by Gasteiger charge is 2.09. The SMILES string of the molecule is CCCN(CCBr)CC(CC)CC. The zero-order valence-corrected chi connectivity index (χ0v) is 10.9. The van der Waals surface area contributed by atoms with E-state index in [1.165, 1.54) is 38.9 Å². The first-order valence-electron chi connectivity index (χ1n) is 5.56. The Morgan fingerprint density at radius 3 is 2.08 bits per heavy atom. The Bertz CT molecular complexity index is 96.3. The molecule has 0 aromatic heterocycles. The zero-order chi connectivity index (χ0) is 10.1. The van der Waals surface area contributed by atoms with Crippen molar-refractivity contribution in [3.63, 3.8) is 0 Å². The van der Waals surface area contributed by atoms with Crippen molar-refractivity contribution in [1.29, 1.82) is 0 Å². The Hall–Kier alpha value is 0.440. The van der Waals surface area contributed by atoms with E-state index in [2.05, 4.69) is 41.6 Å². The summed E-state index contributed by atoms with van der Waals surface area (Å²) in [6.45, 7) is 10.6. The first kappa shape index (κ1) is 13.4. The molecule has 0 fully saturated rings. The Labute approximate surface area is 92.0 Å². The van der Waals surface area contributed by atoms with Gasteiger partial charge in [-0.3, -0.25) is 0 Å². The molecule has 0 bridgehead atoms. The van der Waals surface area contributed by atoms with Gasteiger partial charge >= 0.3 is 0 Å². The molecule has 0 atom stereocenters. The molecule has 2 heteroatoms. The molecule has 13 heavy (non-hydrogen) atoms. The number of rotatable bonds is 8. The second-order valence-electron chi connectivity index (χ2n) is 3.67. The van der Waals surface area contributed by atoms with Crippen molar-refractivity contribution in [1.82, 2.24) is 4.90 Å². The van der Waals surface area contributed by atoms with E-state index >= 15 is 0 Å². The van der Waals surface area contributed by atoms with Gasteiger partial charge < -0.3 is 4.90 Å². The van der Waals surface area contributed by atoms with E-state index in [1.807, 2.05) is 0 Å². The molecule has 0 aliphatic rings. The average molecular weight is 250 g/mol. The summed E-state index contributed by atoms with van der Waals surface area (Å²) in [5.41, 5.74) is 0. The van der Waals surface area contributed by atoms with E-state index in [-0.39, 0.29) is 0 Å². The summed E-state index contributed by atoms with van der Waals surface area (Å²) in [6.07, 6.45) is 3.91. The summed E-state index contributed by atoms with van der Waals surface area (Å²) in [7, 11) is 0. The Kier molecular flexibility index (Phi) is 9.32. The quantitative estimate of drug-likeness (QED) is 0.596. The second kappa shape index (κ2) is 9.01. The van der Waals surface area contributed by atoms with Crippen LogP contribution >= 0.6 is 15.9 Å². The Balaban J connectivity index is 3.76. The fraction of sp³-hybridized carbons (Fsp3) is 1.00. The van der Waals surface area contributed by atoms with Gasteiger partial charge in [-0.25, -0.2) is 0 Å². The van der Waals surface area contributed by atoms with Crippen LogP contribution in [0.25, 0.3) is 0 Å². The largest absolute Gasteiger partial charge is 0.302 e.